The minimum absolute atomic E-state index is 0.142. The molecule has 0 saturated heterocycles. The van der Waals surface area contributed by atoms with E-state index in [0.717, 1.165) is 17.4 Å². The minimum atomic E-state index is -0.264. The van der Waals surface area contributed by atoms with Crippen molar-refractivity contribution in [3.63, 3.8) is 0 Å². The molecule has 1 aromatic heterocycles. The monoisotopic (exact) mass is 298 g/mol. The molecule has 1 fully saturated rings. The number of ether oxygens (including phenoxy) is 2. The van der Waals surface area contributed by atoms with Gasteiger partial charge in [0.05, 0.1) is 30.9 Å². The fraction of sp³-hybridized carbons (Fsp3) is 0.692. The van der Waals surface area contributed by atoms with Crippen molar-refractivity contribution in [2.75, 3.05) is 13.2 Å². The summed E-state index contributed by atoms with van der Waals surface area (Å²) in [6.45, 7) is 4.24. The van der Waals surface area contributed by atoms with Crippen LogP contribution in [-0.4, -0.2) is 33.7 Å². The van der Waals surface area contributed by atoms with Crippen LogP contribution < -0.4 is 4.74 Å². The zero-order chi connectivity index (χ0) is 14.5. The lowest BCUT2D eigenvalue weighted by molar-refractivity contribution is -0.152. The molecular formula is C13H18N2O4S. The van der Waals surface area contributed by atoms with Gasteiger partial charge in [-0.2, -0.15) is 4.37 Å². The summed E-state index contributed by atoms with van der Waals surface area (Å²) < 4.78 is 18.7. The fourth-order valence-corrected chi connectivity index (χ4v) is 2.86. The van der Waals surface area contributed by atoms with Crippen molar-refractivity contribution < 1.29 is 19.1 Å². The van der Waals surface area contributed by atoms with E-state index < -0.39 is 0 Å². The van der Waals surface area contributed by atoms with Crippen molar-refractivity contribution in [3.05, 3.63) is 5.69 Å². The topological polar surface area (TPSA) is 78.4 Å². The molecule has 0 spiro atoms. The number of hydrogen-bond acceptors (Lipinski definition) is 7. The van der Waals surface area contributed by atoms with Gasteiger partial charge in [-0.05, 0) is 20.3 Å². The Morgan fingerprint density at radius 2 is 2.25 bits per heavy atom. The van der Waals surface area contributed by atoms with E-state index in [-0.39, 0.29) is 23.6 Å². The number of Topliss-reactive ketones (excluding diaryl/α,β-unsaturated/α-hetero) is 1. The number of aromatic nitrogens is 2. The summed E-state index contributed by atoms with van der Waals surface area (Å²) in [5.41, 5.74) is 0.727. The highest BCUT2D eigenvalue weighted by Crippen LogP contribution is 2.30. The molecule has 1 aliphatic carbocycles. The summed E-state index contributed by atoms with van der Waals surface area (Å²) >= 11 is 1.09. The van der Waals surface area contributed by atoms with Gasteiger partial charge < -0.3 is 9.47 Å². The molecule has 7 heteroatoms. The lowest BCUT2D eigenvalue weighted by atomic mass is 9.79. The average molecular weight is 298 g/mol. The fourth-order valence-electron chi connectivity index (χ4n) is 2.36. The number of ketones is 1. The normalized spacial score (nSPS) is 22.6. The summed E-state index contributed by atoms with van der Waals surface area (Å²) in [6.07, 6.45) is 1.34. The Morgan fingerprint density at radius 1 is 1.45 bits per heavy atom. The van der Waals surface area contributed by atoms with Crippen LogP contribution in [0.5, 0.6) is 5.88 Å². The van der Waals surface area contributed by atoms with Gasteiger partial charge in [0.25, 0.3) is 0 Å². The Balaban J connectivity index is 1.99. The largest absolute Gasteiger partial charge is 0.475 e. The molecule has 0 radical (unpaired) electrons. The van der Waals surface area contributed by atoms with E-state index in [1.807, 2.05) is 6.92 Å². The Labute approximate surface area is 121 Å². The van der Waals surface area contributed by atoms with E-state index in [9.17, 15) is 9.59 Å². The van der Waals surface area contributed by atoms with E-state index in [2.05, 4.69) is 8.75 Å². The molecule has 1 aromatic rings. The van der Waals surface area contributed by atoms with Gasteiger partial charge in [0.2, 0.25) is 5.88 Å². The zero-order valence-corrected chi connectivity index (χ0v) is 12.4. The minimum Gasteiger partial charge on any atom is -0.475 e. The number of aryl methyl sites for hydroxylation is 1. The first-order valence-electron chi connectivity index (χ1n) is 6.72. The molecule has 0 amide bonds. The van der Waals surface area contributed by atoms with Crippen LogP contribution in [0.1, 0.15) is 31.9 Å². The highest BCUT2D eigenvalue weighted by molar-refractivity contribution is 6.99. The SMILES string of the molecule is CCOC(=O)C1CCC(=O)CC1COc1nsnc1C. The molecule has 2 unspecified atom stereocenters. The van der Waals surface area contributed by atoms with Crippen molar-refractivity contribution in [2.24, 2.45) is 11.8 Å². The van der Waals surface area contributed by atoms with Gasteiger partial charge in [-0.3, -0.25) is 9.59 Å². The Morgan fingerprint density at radius 3 is 2.90 bits per heavy atom. The third-order valence-electron chi connectivity index (χ3n) is 3.43. The predicted octanol–water partition coefficient (Wildman–Crippen LogP) is 1.77. The zero-order valence-electron chi connectivity index (χ0n) is 11.6. The molecule has 110 valence electrons. The van der Waals surface area contributed by atoms with Gasteiger partial charge in [-0.15, -0.1) is 4.37 Å². The summed E-state index contributed by atoms with van der Waals surface area (Å²) in [7, 11) is 0. The molecule has 2 rings (SSSR count). The third kappa shape index (κ3) is 3.53. The first-order valence-corrected chi connectivity index (χ1v) is 7.45. The van der Waals surface area contributed by atoms with Crippen LogP contribution in [0.15, 0.2) is 0 Å². The Bertz CT molecular complexity index is 488. The molecule has 1 heterocycles. The van der Waals surface area contributed by atoms with Crippen molar-refractivity contribution in [3.8, 4) is 5.88 Å². The molecule has 0 bridgehead atoms. The number of hydrogen-bond donors (Lipinski definition) is 0. The molecular weight excluding hydrogens is 280 g/mol. The summed E-state index contributed by atoms with van der Waals surface area (Å²) in [4.78, 5) is 23.5. The maximum Gasteiger partial charge on any atom is 0.309 e. The maximum absolute atomic E-state index is 11.9. The van der Waals surface area contributed by atoms with E-state index in [1.165, 1.54) is 0 Å². The van der Waals surface area contributed by atoms with Crippen molar-refractivity contribution in [1.82, 2.24) is 8.75 Å². The second kappa shape index (κ2) is 6.78. The lowest BCUT2D eigenvalue weighted by Gasteiger charge is -2.28. The Kier molecular flexibility index (Phi) is 5.05. The summed E-state index contributed by atoms with van der Waals surface area (Å²) in [5, 5.41) is 0. The summed E-state index contributed by atoms with van der Waals surface area (Å²) in [6, 6.07) is 0. The van der Waals surface area contributed by atoms with E-state index in [4.69, 9.17) is 9.47 Å². The summed E-state index contributed by atoms with van der Waals surface area (Å²) in [5.74, 6) is 0.0144. The molecule has 1 aliphatic rings. The smallest absolute Gasteiger partial charge is 0.309 e. The first kappa shape index (κ1) is 14.9. The van der Waals surface area contributed by atoms with Crippen molar-refractivity contribution in [1.29, 1.82) is 0 Å². The third-order valence-corrected chi connectivity index (χ3v) is 4.03. The maximum atomic E-state index is 11.9. The van der Waals surface area contributed by atoms with Gasteiger partial charge in [0.15, 0.2) is 0 Å². The van der Waals surface area contributed by atoms with E-state index in [1.54, 1.807) is 6.92 Å². The van der Waals surface area contributed by atoms with Crippen LogP contribution in [0, 0.1) is 18.8 Å². The standard InChI is InChI=1S/C13H18N2O4S/c1-3-18-13(17)11-5-4-10(16)6-9(11)7-19-12-8(2)14-20-15-12/h9,11H,3-7H2,1-2H3. The van der Waals surface area contributed by atoms with Gasteiger partial charge in [-0.25, -0.2) is 0 Å². The second-order valence-corrected chi connectivity index (χ2v) is 5.39. The van der Waals surface area contributed by atoms with Crippen LogP contribution in [0.25, 0.3) is 0 Å². The van der Waals surface area contributed by atoms with Crippen LogP contribution in [-0.2, 0) is 14.3 Å². The lowest BCUT2D eigenvalue weighted by Crippen LogP contribution is -2.35. The molecule has 0 aliphatic heterocycles. The van der Waals surface area contributed by atoms with Crippen LogP contribution in [0.4, 0.5) is 0 Å². The Hall–Kier alpha value is -1.50. The molecule has 20 heavy (non-hydrogen) atoms. The quantitative estimate of drug-likeness (QED) is 0.771. The van der Waals surface area contributed by atoms with Gasteiger partial charge in [-0.1, -0.05) is 0 Å². The van der Waals surface area contributed by atoms with E-state index in [0.29, 0.717) is 38.4 Å². The van der Waals surface area contributed by atoms with E-state index >= 15 is 0 Å². The molecule has 6 nitrogen and oxygen atoms in total. The van der Waals surface area contributed by atoms with Crippen molar-refractivity contribution in [2.45, 2.75) is 33.1 Å². The highest BCUT2D eigenvalue weighted by Gasteiger charge is 2.36. The number of carbonyl (C=O) groups is 2. The van der Waals surface area contributed by atoms with Gasteiger partial charge >= 0.3 is 5.97 Å². The van der Waals surface area contributed by atoms with Crippen molar-refractivity contribution >= 4 is 23.5 Å². The first-order chi connectivity index (χ1) is 9.61. The van der Waals surface area contributed by atoms with Gasteiger partial charge in [0.1, 0.15) is 11.5 Å². The van der Waals surface area contributed by atoms with Crippen LogP contribution >= 0.6 is 11.7 Å². The predicted molar refractivity (Wildman–Crippen MR) is 72.6 cm³/mol. The number of rotatable bonds is 5. The van der Waals surface area contributed by atoms with Gasteiger partial charge in [0, 0.05) is 18.8 Å². The molecule has 2 atom stereocenters. The second-order valence-electron chi connectivity index (χ2n) is 4.87. The number of nitrogens with zero attached hydrogens (tertiary/aromatic N) is 2. The highest BCUT2D eigenvalue weighted by atomic mass is 32.1. The number of esters is 1. The van der Waals surface area contributed by atoms with Crippen LogP contribution in [0.3, 0.4) is 0 Å². The molecule has 0 aromatic carbocycles. The molecule has 0 N–H and O–H groups in total. The average Bonchev–Trinajstić information content (AvgIpc) is 2.82. The van der Waals surface area contributed by atoms with Crippen LogP contribution in [0.2, 0.25) is 0 Å². The molecule has 1 saturated carbocycles. The number of carbonyl (C=O) groups excluding carboxylic acids is 2.